The Kier molecular flexibility index (Phi) is 4.68. The molecule has 1 fully saturated rings. The molecule has 0 radical (unpaired) electrons. The van der Waals surface area contributed by atoms with Gasteiger partial charge in [0, 0.05) is 31.3 Å². The molecule has 6 nitrogen and oxygen atoms in total. The van der Waals surface area contributed by atoms with Crippen molar-refractivity contribution in [1.29, 1.82) is 0 Å². The number of rotatable bonds is 6. The molecule has 2 amide bonds. The van der Waals surface area contributed by atoms with Crippen LogP contribution in [0.3, 0.4) is 0 Å². The van der Waals surface area contributed by atoms with E-state index in [0.29, 0.717) is 6.42 Å². The predicted octanol–water partition coefficient (Wildman–Crippen LogP) is -0.00770. The summed E-state index contributed by atoms with van der Waals surface area (Å²) >= 11 is 0. The maximum Gasteiger partial charge on any atom is 0.237 e. The minimum absolute atomic E-state index is 0.0117. The number of primary amides is 1. The Morgan fingerprint density at radius 3 is 3.10 bits per heavy atom. The van der Waals surface area contributed by atoms with Crippen molar-refractivity contribution >= 4 is 11.8 Å². The molecule has 1 saturated heterocycles. The average Bonchev–Trinajstić information content (AvgIpc) is 2.78. The number of nitrogens with two attached hydrogens (primary N) is 1. The van der Waals surface area contributed by atoms with E-state index in [1.807, 2.05) is 19.2 Å². The van der Waals surface area contributed by atoms with E-state index in [4.69, 9.17) is 5.73 Å². The molecular weight excluding hydrogens is 256 g/mol. The summed E-state index contributed by atoms with van der Waals surface area (Å²) in [5.41, 5.74) is 7.22. The van der Waals surface area contributed by atoms with Crippen LogP contribution in [0.15, 0.2) is 18.3 Å². The van der Waals surface area contributed by atoms with Crippen molar-refractivity contribution in [2.45, 2.75) is 25.3 Å². The molecule has 0 bridgehead atoms. The van der Waals surface area contributed by atoms with Gasteiger partial charge in [0.05, 0.1) is 12.6 Å². The van der Waals surface area contributed by atoms with Gasteiger partial charge in [0.2, 0.25) is 11.8 Å². The Labute approximate surface area is 118 Å². The summed E-state index contributed by atoms with van der Waals surface area (Å²) in [5, 5.41) is 3.08. The first kappa shape index (κ1) is 14.5. The largest absolute Gasteiger partial charge is 0.368 e. The van der Waals surface area contributed by atoms with Crippen molar-refractivity contribution in [3.63, 3.8) is 0 Å². The highest BCUT2D eigenvalue weighted by atomic mass is 16.2. The number of likely N-dealkylation sites (N-methyl/N-ethyl adjacent to an activating group) is 1. The van der Waals surface area contributed by atoms with Gasteiger partial charge in [0.1, 0.15) is 0 Å². The fraction of sp³-hybridized carbons (Fsp3) is 0.500. The van der Waals surface area contributed by atoms with Crippen LogP contribution in [-0.2, 0) is 16.0 Å². The van der Waals surface area contributed by atoms with Gasteiger partial charge in [0.25, 0.3) is 0 Å². The second-order valence-electron chi connectivity index (χ2n) is 4.98. The van der Waals surface area contributed by atoms with E-state index < -0.39 is 5.91 Å². The summed E-state index contributed by atoms with van der Waals surface area (Å²) in [7, 11) is 1.90. The van der Waals surface area contributed by atoms with Gasteiger partial charge in [-0.25, -0.2) is 0 Å². The van der Waals surface area contributed by atoms with Crippen LogP contribution in [0.4, 0.5) is 0 Å². The standard InChI is InChI=1S/C14H20N4O2/c1-16-6-5-11-8-10(4-7-17-11)12-2-3-14(20)18(12)9-13(15)19/h4,7-8,12,16H,2-3,5-6,9H2,1H3,(H2,15,19). The zero-order valence-electron chi connectivity index (χ0n) is 11.6. The van der Waals surface area contributed by atoms with Gasteiger partial charge in [-0.2, -0.15) is 0 Å². The number of carbonyl (C=O) groups is 2. The summed E-state index contributed by atoms with van der Waals surface area (Å²) < 4.78 is 0. The summed E-state index contributed by atoms with van der Waals surface area (Å²) in [6.07, 6.45) is 3.78. The molecule has 1 aromatic rings. The Morgan fingerprint density at radius 2 is 2.40 bits per heavy atom. The Morgan fingerprint density at radius 1 is 1.60 bits per heavy atom. The first-order valence-electron chi connectivity index (χ1n) is 6.79. The molecule has 0 saturated carbocycles. The lowest BCUT2D eigenvalue weighted by Crippen LogP contribution is -2.36. The molecule has 3 N–H and O–H groups in total. The highest BCUT2D eigenvalue weighted by Gasteiger charge is 2.32. The lowest BCUT2D eigenvalue weighted by atomic mass is 10.0. The summed E-state index contributed by atoms with van der Waals surface area (Å²) in [4.78, 5) is 28.8. The van der Waals surface area contributed by atoms with Crippen molar-refractivity contribution in [2.75, 3.05) is 20.1 Å². The zero-order valence-corrected chi connectivity index (χ0v) is 11.6. The number of amides is 2. The number of hydrogen-bond acceptors (Lipinski definition) is 4. The van der Waals surface area contributed by atoms with Gasteiger partial charge < -0.3 is 16.0 Å². The number of aromatic nitrogens is 1. The number of likely N-dealkylation sites (tertiary alicyclic amines) is 1. The molecular formula is C14H20N4O2. The molecule has 0 aliphatic carbocycles. The maximum absolute atomic E-state index is 11.8. The Balaban J connectivity index is 2.16. The summed E-state index contributed by atoms with van der Waals surface area (Å²) in [6, 6.07) is 3.85. The van der Waals surface area contributed by atoms with Crippen LogP contribution in [-0.4, -0.2) is 41.8 Å². The third-order valence-corrected chi connectivity index (χ3v) is 3.51. The third-order valence-electron chi connectivity index (χ3n) is 3.51. The van der Waals surface area contributed by atoms with Gasteiger partial charge in [-0.15, -0.1) is 0 Å². The molecule has 0 spiro atoms. The fourth-order valence-electron chi connectivity index (χ4n) is 2.54. The monoisotopic (exact) mass is 276 g/mol. The zero-order chi connectivity index (χ0) is 14.5. The van der Waals surface area contributed by atoms with Crippen LogP contribution in [0.5, 0.6) is 0 Å². The number of hydrogen-bond donors (Lipinski definition) is 2. The van der Waals surface area contributed by atoms with E-state index >= 15 is 0 Å². The molecule has 2 heterocycles. The quantitative estimate of drug-likeness (QED) is 0.765. The first-order chi connectivity index (χ1) is 9.61. The van der Waals surface area contributed by atoms with E-state index in [9.17, 15) is 9.59 Å². The van der Waals surface area contributed by atoms with Gasteiger partial charge in [-0.1, -0.05) is 0 Å². The van der Waals surface area contributed by atoms with Gasteiger partial charge >= 0.3 is 0 Å². The Hall–Kier alpha value is -1.95. The highest BCUT2D eigenvalue weighted by Crippen LogP contribution is 2.32. The van der Waals surface area contributed by atoms with Crippen LogP contribution in [0, 0.1) is 0 Å². The third kappa shape index (κ3) is 3.33. The molecule has 108 valence electrons. The van der Waals surface area contributed by atoms with Crippen LogP contribution < -0.4 is 11.1 Å². The molecule has 1 unspecified atom stereocenters. The molecule has 1 atom stereocenters. The minimum atomic E-state index is -0.477. The number of nitrogens with zero attached hydrogens (tertiary/aromatic N) is 2. The number of pyridine rings is 1. The molecule has 6 heteroatoms. The van der Waals surface area contributed by atoms with E-state index in [2.05, 4.69) is 10.3 Å². The summed E-state index contributed by atoms with van der Waals surface area (Å²) in [6.45, 7) is 0.836. The minimum Gasteiger partial charge on any atom is -0.368 e. The second-order valence-corrected chi connectivity index (χ2v) is 4.98. The van der Waals surface area contributed by atoms with Crippen LogP contribution in [0.2, 0.25) is 0 Å². The van der Waals surface area contributed by atoms with Gasteiger partial charge in [-0.05, 0) is 31.2 Å². The lowest BCUT2D eigenvalue weighted by Gasteiger charge is -2.24. The van der Waals surface area contributed by atoms with Crippen molar-refractivity contribution < 1.29 is 9.59 Å². The molecule has 20 heavy (non-hydrogen) atoms. The second kappa shape index (κ2) is 6.47. The maximum atomic E-state index is 11.8. The van der Waals surface area contributed by atoms with Crippen molar-refractivity contribution in [2.24, 2.45) is 5.73 Å². The molecule has 1 aliphatic rings. The smallest absolute Gasteiger partial charge is 0.237 e. The van der Waals surface area contributed by atoms with E-state index in [1.54, 1.807) is 11.1 Å². The first-order valence-corrected chi connectivity index (χ1v) is 6.79. The lowest BCUT2D eigenvalue weighted by molar-refractivity contribution is -0.133. The van der Waals surface area contributed by atoms with Crippen molar-refractivity contribution in [1.82, 2.24) is 15.2 Å². The Bertz CT molecular complexity index is 504. The normalized spacial score (nSPS) is 18.6. The van der Waals surface area contributed by atoms with Crippen LogP contribution >= 0.6 is 0 Å². The number of carbonyl (C=O) groups excluding carboxylic acids is 2. The van der Waals surface area contributed by atoms with Crippen molar-refractivity contribution in [3.05, 3.63) is 29.6 Å². The highest BCUT2D eigenvalue weighted by molar-refractivity contribution is 5.85. The fourth-order valence-corrected chi connectivity index (χ4v) is 2.54. The molecule has 2 rings (SSSR count). The van der Waals surface area contributed by atoms with E-state index in [1.165, 1.54) is 0 Å². The van der Waals surface area contributed by atoms with E-state index in [0.717, 1.165) is 30.6 Å². The van der Waals surface area contributed by atoms with E-state index in [-0.39, 0.29) is 18.5 Å². The molecule has 1 aromatic heterocycles. The van der Waals surface area contributed by atoms with Crippen molar-refractivity contribution in [3.8, 4) is 0 Å². The van der Waals surface area contributed by atoms with Crippen LogP contribution in [0.25, 0.3) is 0 Å². The van der Waals surface area contributed by atoms with Crippen LogP contribution in [0.1, 0.15) is 30.1 Å². The molecule has 0 aromatic carbocycles. The number of nitrogens with one attached hydrogen (secondary N) is 1. The molecule has 1 aliphatic heterocycles. The van der Waals surface area contributed by atoms with Gasteiger partial charge in [0.15, 0.2) is 0 Å². The topological polar surface area (TPSA) is 88.3 Å². The predicted molar refractivity (Wildman–Crippen MR) is 74.8 cm³/mol. The summed E-state index contributed by atoms with van der Waals surface area (Å²) in [5.74, 6) is -0.489. The average molecular weight is 276 g/mol. The van der Waals surface area contributed by atoms with Gasteiger partial charge in [-0.3, -0.25) is 14.6 Å². The SMILES string of the molecule is CNCCc1cc(C2CCC(=O)N2CC(N)=O)ccn1.